The van der Waals surface area contributed by atoms with Gasteiger partial charge in [-0.3, -0.25) is 4.79 Å². The second kappa shape index (κ2) is 6.26. The number of carbonyl (C=O) groups excluding carboxylic acids is 1. The van der Waals surface area contributed by atoms with Gasteiger partial charge in [0.15, 0.2) is 0 Å². The standard InChI is InChI=1S/C13H17NO4/c15-11-5-3-10(4-6-11)14-8-13(16)18-9-12-2-1-7-17-12/h3-6,12,14-15H,1-2,7-9H2. The first kappa shape index (κ1) is 12.7. The van der Waals surface area contributed by atoms with Crippen molar-refractivity contribution in [1.29, 1.82) is 0 Å². The number of rotatable bonds is 5. The van der Waals surface area contributed by atoms with Crippen LogP contribution in [0.4, 0.5) is 5.69 Å². The molecule has 18 heavy (non-hydrogen) atoms. The second-order valence-corrected chi connectivity index (χ2v) is 4.22. The maximum atomic E-state index is 11.5. The van der Waals surface area contributed by atoms with Crippen LogP contribution in [0.15, 0.2) is 24.3 Å². The summed E-state index contributed by atoms with van der Waals surface area (Å²) in [4.78, 5) is 11.5. The molecule has 1 atom stereocenters. The molecule has 1 fully saturated rings. The fraction of sp³-hybridized carbons (Fsp3) is 0.462. The van der Waals surface area contributed by atoms with Gasteiger partial charge in [-0.15, -0.1) is 0 Å². The van der Waals surface area contributed by atoms with E-state index in [1.165, 1.54) is 0 Å². The Labute approximate surface area is 106 Å². The van der Waals surface area contributed by atoms with Gasteiger partial charge in [0, 0.05) is 12.3 Å². The predicted molar refractivity (Wildman–Crippen MR) is 66.5 cm³/mol. The summed E-state index contributed by atoms with van der Waals surface area (Å²) in [5.74, 6) is -0.111. The quantitative estimate of drug-likeness (QED) is 0.613. The molecule has 1 aliphatic heterocycles. The normalized spacial score (nSPS) is 18.6. The Morgan fingerprint density at radius 1 is 1.44 bits per heavy atom. The Bertz CT molecular complexity index is 384. The van der Waals surface area contributed by atoms with Crippen LogP contribution >= 0.6 is 0 Å². The first-order chi connectivity index (χ1) is 8.74. The van der Waals surface area contributed by atoms with Gasteiger partial charge in [-0.1, -0.05) is 0 Å². The summed E-state index contributed by atoms with van der Waals surface area (Å²) in [5.41, 5.74) is 0.766. The van der Waals surface area contributed by atoms with E-state index in [0.717, 1.165) is 25.1 Å². The van der Waals surface area contributed by atoms with Gasteiger partial charge < -0.3 is 19.9 Å². The molecule has 1 aromatic carbocycles. The van der Waals surface area contributed by atoms with E-state index >= 15 is 0 Å². The lowest BCUT2D eigenvalue weighted by Gasteiger charge is -2.11. The van der Waals surface area contributed by atoms with E-state index in [4.69, 9.17) is 14.6 Å². The van der Waals surface area contributed by atoms with Crippen molar-refractivity contribution in [3.8, 4) is 5.75 Å². The molecule has 98 valence electrons. The van der Waals surface area contributed by atoms with Gasteiger partial charge in [0.05, 0.1) is 6.10 Å². The topological polar surface area (TPSA) is 67.8 Å². The van der Waals surface area contributed by atoms with Gasteiger partial charge in [0.25, 0.3) is 0 Å². The van der Waals surface area contributed by atoms with Crippen LogP contribution in [0.5, 0.6) is 5.75 Å². The summed E-state index contributed by atoms with van der Waals surface area (Å²) in [7, 11) is 0. The molecule has 0 aromatic heterocycles. The summed E-state index contributed by atoms with van der Waals surface area (Å²) in [6.45, 7) is 1.20. The molecule has 0 spiro atoms. The van der Waals surface area contributed by atoms with E-state index in [1.807, 2.05) is 0 Å². The first-order valence-corrected chi connectivity index (χ1v) is 6.04. The van der Waals surface area contributed by atoms with E-state index in [-0.39, 0.29) is 24.4 Å². The van der Waals surface area contributed by atoms with E-state index in [0.29, 0.717) is 6.61 Å². The summed E-state index contributed by atoms with van der Waals surface area (Å²) in [6, 6.07) is 6.51. The number of hydrogen-bond donors (Lipinski definition) is 2. The third kappa shape index (κ3) is 3.92. The number of ether oxygens (including phenoxy) is 2. The monoisotopic (exact) mass is 251 g/mol. The number of esters is 1. The largest absolute Gasteiger partial charge is 0.508 e. The zero-order valence-corrected chi connectivity index (χ0v) is 10.1. The van der Waals surface area contributed by atoms with Crippen molar-refractivity contribution in [1.82, 2.24) is 0 Å². The molecule has 0 saturated carbocycles. The number of aromatic hydroxyl groups is 1. The maximum absolute atomic E-state index is 11.5. The van der Waals surface area contributed by atoms with Crippen LogP contribution in [-0.2, 0) is 14.3 Å². The van der Waals surface area contributed by atoms with E-state index < -0.39 is 0 Å². The molecule has 0 radical (unpaired) electrons. The highest BCUT2D eigenvalue weighted by molar-refractivity contribution is 5.75. The van der Waals surface area contributed by atoms with Crippen LogP contribution in [0, 0.1) is 0 Å². The molecule has 5 heteroatoms. The van der Waals surface area contributed by atoms with Crippen LogP contribution in [0.3, 0.4) is 0 Å². The van der Waals surface area contributed by atoms with Gasteiger partial charge in [-0.25, -0.2) is 0 Å². The highest BCUT2D eigenvalue weighted by Gasteiger charge is 2.17. The zero-order chi connectivity index (χ0) is 12.8. The van der Waals surface area contributed by atoms with Crippen LogP contribution < -0.4 is 5.32 Å². The summed E-state index contributed by atoms with van der Waals surface area (Å²) in [5, 5.41) is 12.0. The molecule has 1 aliphatic rings. The molecule has 1 aromatic rings. The Hall–Kier alpha value is -1.75. The molecular weight excluding hydrogens is 234 g/mol. The average molecular weight is 251 g/mol. The molecule has 1 saturated heterocycles. The van der Waals surface area contributed by atoms with Gasteiger partial charge in [0.1, 0.15) is 18.9 Å². The number of hydrogen-bond acceptors (Lipinski definition) is 5. The predicted octanol–water partition coefficient (Wildman–Crippen LogP) is 1.53. The molecule has 0 aliphatic carbocycles. The lowest BCUT2D eigenvalue weighted by atomic mass is 10.2. The van der Waals surface area contributed by atoms with Crippen LogP contribution in [-0.4, -0.2) is 36.9 Å². The molecule has 0 amide bonds. The Morgan fingerprint density at radius 2 is 2.22 bits per heavy atom. The minimum Gasteiger partial charge on any atom is -0.508 e. The molecule has 5 nitrogen and oxygen atoms in total. The van der Waals surface area contributed by atoms with Crippen molar-refractivity contribution in [2.45, 2.75) is 18.9 Å². The average Bonchev–Trinajstić information content (AvgIpc) is 2.89. The molecule has 0 bridgehead atoms. The number of nitrogens with one attached hydrogen (secondary N) is 1. The molecular formula is C13H17NO4. The van der Waals surface area contributed by atoms with Gasteiger partial charge in [-0.05, 0) is 37.1 Å². The number of phenols is 1. The molecule has 2 N–H and O–H groups in total. The van der Waals surface area contributed by atoms with Crippen molar-refractivity contribution in [3.05, 3.63) is 24.3 Å². The third-order valence-corrected chi connectivity index (χ3v) is 2.76. The Balaban J connectivity index is 1.66. The highest BCUT2D eigenvalue weighted by atomic mass is 16.6. The smallest absolute Gasteiger partial charge is 0.325 e. The van der Waals surface area contributed by atoms with Crippen LogP contribution in [0.2, 0.25) is 0 Å². The SMILES string of the molecule is O=C(CNc1ccc(O)cc1)OCC1CCCO1. The van der Waals surface area contributed by atoms with Crippen molar-refractivity contribution in [2.24, 2.45) is 0 Å². The lowest BCUT2D eigenvalue weighted by molar-refractivity contribution is -0.144. The Kier molecular flexibility index (Phi) is 4.41. The van der Waals surface area contributed by atoms with Crippen molar-refractivity contribution in [2.75, 3.05) is 25.1 Å². The number of phenolic OH excluding ortho intramolecular Hbond substituents is 1. The summed E-state index contributed by atoms with van der Waals surface area (Å²) < 4.78 is 10.4. The molecule has 2 rings (SSSR count). The molecule has 1 unspecified atom stereocenters. The Morgan fingerprint density at radius 3 is 2.89 bits per heavy atom. The zero-order valence-electron chi connectivity index (χ0n) is 10.1. The number of benzene rings is 1. The van der Waals surface area contributed by atoms with Crippen LogP contribution in [0.25, 0.3) is 0 Å². The number of carbonyl (C=O) groups is 1. The highest BCUT2D eigenvalue weighted by Crippen LogP contribution is 2.14. The second-order valence-electron chi connectivity index (χ2n) is 4.22. The fourth-order valence-corrected chi connectivity index (χ4v) is 1.77. The van der Waals surface area contributed by atoms with Crippen molar-refractivity contribution in [3.63, 3.8) is 0 Å². The minimum absolute atomic E-state index is 0.0580. The van der Waals surface area contributed by atoms with E-state index in [1.54, 1.807) is 24.3 Å². The summed E-state index contributed by atoms with van der Waals surface area (Å²) >= 11 is 0. The number of anilines is 1. The van der Waals surface area contributed by atoms with Gasteiger partial charge in [-0.2, -0.15) is 0 Å². The minimum atomic E-state index is -0.307. The maximum Gasteiger partial charge on any atom is 0.325 e. The van der Waals surface area contributed by atoms with Crippen molar-refractivity contribution < 1.29 is 19.4 Å². The first-order valence-electron chi connectivity index (χ1n) is 6.04. The van der Waals surface area contributed by atoms with Crippen LogP contribution in [0.1, 0.15) is 12.8 Å². The van der Waals surface area contributed by atoms with Gasteiger partial charge in [0.2, 0.25) is 0 Å². The van der Waals surface area contributed by atoms with Gasteiger partial charge >= 0.3 is 5.97 Å². The van der Waals surface area contributed by atoms with E-state index in [2.05, 4.69) is 5.32 Å². The summed E-state index contributed by atoms with van der Waals surface area (Å²) in [6.07, 6.45) is 2.05. The fourth-order valence-electron chi connectivity index (χ4n) is 1.77. The molecule has 1 heterocycles. The van der Waals surface area contributed by atoms with E-state index in [9.17, 15) is 4.79 Å². The lowest BCUT2D eigenvalue weighted by Crippen LogP contribution is -2.22. The third-order valence-electron chi connectivity index (χ3n) is 2.76. The van der Waals surface area contributed by atoms with Crippen molar-refractivity contribution >= 4 is 11.7 Å².